The Hall–Kier alpha value is -0.390. The molecule has 2 fully saturated rings. The zero-order valence-electron chi connectivity index (χ0n) is 15.6. The van der Waals surface area contributed by atoms with Crippen molar-refractivity contribution in [3.63, 3.8) is 0 Å². The summed E-state index contributed by atoms with van der Waals surface area (Å²) in [4.78, 5) is 1.96. The van der Waals surface area contributed by atoms with E-state index in [-0.39, 0.29) is 21.5 Å². The predicted octanol–water partition coefficient (Wildman–Crippen LogP) is 1.86. The highest BCUT2D eigenvalue weighted by Gasteiger charge is 2.51. The molecule has 10 heteroatoms. The van der Waals surface area contributed by atoms with Crippen LogP contribution < -0.4 is 10.6 Å². The molecule has 0 aromatic heterocycles. The first-order valence-corrected chi connectivity index (χ1v) is 12.0. The van der Waals surface area contributed by atoms with Gasteiger partial charge in [-0.25, -0.2) is 23.5 Å². The average molecular weight is 435 g/mol. The van der Waals surface area contributed by atoms with E-state index in [1.807, 2.05) is 19.1 Å². The van der Waals surface area contributed by atoms with Gasteiger partial charge in [-0.1, -0.05) is 36.9 Å². The second-order valence-corrected chi connectivity index (χ2v) is 10.2. The first kappa shape index (κ1) is 21.3. The summed E-state index contributed by atoms with van der Waals surface area (Å²) in [5.41, 5.74) is 2.26. The highest BCUT2D eigenvalue weighted by molar-refractivity contribution is 8.00. The van der Waals surface area contributed by atoms with Crippen LogP contribution in [0.5, 0.6) is 0 Å². The van der Waals surface area contributed by atoms with Crippen LogP contribution in [0.1, 0.15) is 37.7 Å². The zero-order valence-corrected chi connectivity index (χ0v) is 17.9. The van der Waals surface area contributed by atoms with Gasteiger partial charge >= 0.3 is 0 Å². The number of hydrogen-bond acceptors (Lipinski definition) is 7. The van der Waals surface area contributed by atoms with Crippen LogP contribution in [0.15, 0.2) is 23.1 Å². The number of rotatable bonds is 5. The van der Waals surface area contributed by atoms with Gasteiger partial charge in [0, 0.05) is 24.4 Å². The van der Waals surface area contributed by atoms with Crippen molar-refractivity contribution in [2.24, 2.45) is 5.14 Å². The number of halogens is 1. The molecule has 1 aliphatic carbocycles. The van der Waals surface area contributed by atoms with Gasteiger partial charge in [0.2, 0.25) is 10.0 Å². The van der Waals surface area contributed by atoms with Crippen molar-refractivity contribution < 1.29 is 13.5 Å². The predicted molar refractivity (Wildman–Crippen MR) is 109 cm³/mol. The molecule has 0 amide bonds. The molecule has 0 radical (unpaired) electrons. The highest BCUT2D eigenvalue weighted by Crippen LogP contribution is 2.47. The first-order valence-electron chi connectivity index (χ1n) is 9.04. The van der Waals surface area contributed by atoms with Crippen LogP contribution in [0.4, 0.5) is 0 Å². The lowest BCUT2D eigenvalue weighted by molar-refractivity contribution is -0.145. The van der Waals surface area contributed by atoms with Gasteiger partial charge in [-0.2, -0.15) is 0 Å². The number of nitrogens with one attached hydrogen (secondary N) is 1. The van der Waals surface area contributed by atoms with Crippen molar-refractivity contribution in [1.29, 1.82) is 0 Å². The Morgan fingerprint density at radius 1 is 1.37 bits per heavy atom. The van der Waals surface area contributed by atoms with E-state index in [9.17, 15) is 13.5 Å². The number of thioether (sulfide) groups is 1. The fourth-order valence-electron chi connectivity index (χ4n) is 3.98. The Labute approximate surface area is 170 Å². The molecule has 27 heavy (non-hydrogen) atoms. The number of nitrogens with two attached hydrogens (primary N) is 1. The quantitative estimate of drug-likeness (QED) is 0.608. The zero-order chi connectivity index (χ0) is 19.8. The van der Waals surface area contributed by atoms with Crippen LogP contribution in [0, 0.1) is 0 Å². The van der Waals surface area contributed by atoms with Gasteiger partial charge in [-0.3, -0.25) is 5.43 Å². The molecular weight excluding hydrogens is 408 g/mol. The van der Waals surface area contributed by atoms with E-state index < -0.39 is 15.7 Å². The number of primary sulfonamides is 1. The van der Waals surface area contributed by atoms with Gasteiger partial charge in [-0.15, -0.1) is 11.8 Å². The molecule has 7 nitrogen and oxygen atoms in total. The lowest BCUT2D eigenvalue weighted by Crippen LogP contribution is -2.58. The first-order chi connectivity index (χ1) is 12.7. The van der Waals surface area contributed by atoms with Gasteiger partial charge in [0.15, 0.2) is 5.72 Å². The molecule has 4 N–H and O–H groups in total. The standard InChI is InChI=1S/C17H27ClN4O3S2/c1-20-21(2)16-22(13-6-4-3-5-7-13)17(23,11-26-16)12-8-9-14(18)15(10-12)27(19,24)25/h8-10,13,16,20,23H,3-7,11H2,1-2H3,(H2,19,24,25). The van der Waals surface area contributed by atoms with Crippen LogP contribution in [0.2, 0.25) is 5.02 Å². The topological polar surface area (TPSA) is 98.9 Å². The number of nitrogens with zero attached hydrogens (tertiary/aromatic N) is 2. The maximum atomic E-state index is 11.9. The monoisotopic (exact) mass is 434 g/mol. The molecule has 3 rings (SSSR count). The number of hydrogen-bond donors (Lipinski definition) is 3. The van der Waals surface area contributed by atoms with Gasteiger partial charge in [0.1, 0.15) is 10.4 Å². The maximum Gasteiger partial charge on any atom is 0.239 e. The number of sulfonamides is 1. The number of aliphatic hydroxyl groups is 1. The Bertz CT molecular complexity index is 788. The van der Waals surface area contributed by atoms with Gasteiger partial charge in [0.25, 0.3) is 0 Å². The Morgan fingerprint density at radius 2 is 2.04 bits per heavy atom. The molecule has 1 heterocycles. The minimum Gasteiger partial charge on any atom is -0.370 e. The molecule has 2 atom stereocenters. The summed E-state index contributed by atoms with van der Waals surface area (Å²) in [6, 6.07) is 4.81. The van der Waals surface area contributed by atoms with E-state index >= 15 is 0 Å². The van der Waals surface area contributed by atoms with Crippen LogP contribution in [0.25, 0.3) is 0 Å². The van der Waals surface area contributed by atoms with Crippen LogP contribution in [-0.2, 0) is 15.7 Å². The molecule has 0 spiro atoms. The third-order valence-corrected chi connectivity index (χ3v) is 8.25. The Kier molecular flexibility index (Phi) is 6.44. The Morgan fingerprint density at radius 3 is 2.63 bits per heavy atom. The number of benzene rings is 1. The van der Waals surface area contributed by atoms with Crippen molar-refractivity contribution in [3.8, 4) is 0 Å². The second kappa shape index (κ2) is 8.16. The van der Waals surface area contributed by atoms with E-state index in [2.05, 4.69) is 10.3 Å². The van der Waals surface area contributed by atoms with Crippen molar-refractivity contribution in [1.82, 2.24) is 15.3 Å². The minimum absolute atomic E-state index is 0.0589. The summed E-state index contributed by atoms with van der Waals surface area (Å²) in [5.74, 6) is 0.422. The smallest absolute Gasteiger partial charge is 0.239 e. The largest absolute Gasteiger partial charge is 0.370 e. The molecule has 2 aliphatic rings. The van der Waals surface area contributed by atoms with Crippen molar-refractivity contribution in [3.05, 3.63) is 28.8 Å². The summed E-state index contributed by atoms with van der Waals surface area (Å²) in [5, 5.41) is 19.1. The molecule has 1 saturated heterocycles. The molecule has 152 valence electrons. The lowest BCUT2D eigenvalue weighted by Gasteiger charge is -2.45. The second-order valence-electron chi connectivity index (χ2n) is 7.18. The SMILES string of the molecule is CNN(C)C1SCC(O)(c2ccc(Cl)c(S(N)(=O)=O)c2)N1C1CCCCC1. The maximum absolute atomic E-state index is 11.9. The number of hydrazine groups is 1. The van der Waals surface area contributed by atoms with Crippen molar-refractivity contribution >= 4 is 33.4 Å². The highest BCUT2D eigenvalue weighted by atomic mass is 35.5. The van der Waals surface area contributed by atoms with E-state index in [1.165, 1.54) is 18.6 Å². The normalized spacial score (nSPS) is 28.1. The lowest BCUT2D eigenvalue weighted by atomic mass is 9.91. The van der Waals surface area contributed by atoms with Gasteiger partial charge in [0.05, 0.1) is 5.02 Å². The van der Waals surface area contributed by atoms with Gasteiger partial charge in [-0.05, 0) is 32.0 Å². The van der Waals surface area contributed by atoms with Gasteiger partial charge < -0.3 is 5.11 Å². The average Bonchev–Trinajstić information content (AvgIpc) is 2.99. The molecule has 1 aromatic carbocycles. The molecule has 1 aromatic rings. The summed E-state index contributed by atoms with van der Waals surface area (Å²) >= 11 is 7.66. The molecule has 1 aliphatic heterocycles. The fourth-order valence-corrected chi connectivity index (χ4v) is 6.59. The molecule has 1 saturated carbocycles. The molecule has 0 bridgehead atoms. The van der Waals surface area contributed by atoms with E-state index in [0.717, 1.165) is 25.7 Å². The summed E-state index contributed by atoms with van der Waals surface area (Å²) in [7, 11) is -0.193. The Balaban J connectivity index is 2.06. The molecule has 2 unspecified atom stereocenters. The summed E-state index contributed by atoms with van der Waals surface area (Å²) in [6.45, 7) is 0. The minimum atomic E-state index is -3.98. The fraction of sp³-hybridized carbons (Fsp3) is 0.647. The summed E-state index contributed by atoms with van der Waals surface area (Å²) in [6.07, 6.45) is 5.47. The van der Waals surface area contributed by atoms with Crippen LogP contribution >= 0.6 is 23.4 Å². The van der Waals surface area contributed by atoms with Crippen molar-refractivity contribution in [2.45, 2.75) is 54.3 Å². The molecular formula is C17H27ClN4O3S2. The summed E-state index contributed by atoms with van der Waals surface area (Å²) < 4.78 is 23.8. The van der Waals surface area contributed by atoms with E-state index in [0.29, 0.717) is 11.3 Å². The van der Waals surface area contributed by atoms with Crippen LogP contribution in [-0.4, -0.2) is 54.8 Å². The van der Waals surface area contributed by atoms with E-state index in [4.69, 9.17) is 16.7 Å². The third kappa shape index (κ3) is 4.16. The van der Waals surface area contributed by atoms with Crippen molar-refractivity contribution in [2.75, 3.05) is 19.8 Å². The van der Waals surface area contributed by atoms with Crippen LogP contribution in [0.3, 0.4) is 0 Å². The third-order valence-electron chi connectivity index (χ3n) is 5.45. The van der Waals surface area contributed by atoms with E-state index in [1.54, 1.807) is 17.8 Å².